The van der Waals surface area contributed by atoms with Crippen LogP contribution >= 0.6 is 15.9 Å². The van der Waals surface area contributed by atoms with Gasteiger partial charge in [0.2, 0.25) is 0 Å². The molecule has 146 valence electrons. The molecule has 0 saturated carbocycles. The predicted octanol–water partition coefficient (Wildman–Crippen LogP) is 5.55. The van der Waals surface area contributed by atoms with Crippen molar-refractivity contribution in [2.45, 2.75) is 19.1 Å². The molecule has 0 amide bonds. The standard InChI is InChI=1S/C24H26BrNO2/c1-27-18-22(19-28-23-13-6-3-7-14-23)26(16-20-10-4-2-5-11-20)17-21-12-8-9-15-24(21)25/h2-15,22H,16-19H2,1H3. The Morgan fingerprint density at radius 2 is 1.43 bits per heavy atom. The molecule has 0 spiro atoms. The van der Waals surface area contributed by atoms with Gasteiger partial charge in [0.1, 0.15) is 12.4 Å². The van der Waals surface area contributed by atoms with E-state index in [1.165, 1.54) is 11.1 Å². The molecule has 0 aromatic heterocycles. The van der Waals surface area contributed by atoms with E-state index in [-0.39, 0.29) is 6.04 Å². The topological polar surface area (TPSA) is 21.7 Å². The first-order chi connectivity index (χ1) is 13.8. The Bertz CT molecular complexity index is 826. The molecule has 3 aromatic rings. The summed E-state index contributed by atoms with van der Waals surface area (Å²) in [7, 11) is 1.74. The van der Waals surface area contributed by atoms with Gasteiger partial charge in [-0.1, -0.05) is 82.7 Å². The van der Waals surface area contributed by atoms with Crippen molar-refractivity contribution >= 4 is 15.9 Å². The summed E-state index contributed by atoms with van der Waals surface area (Å²) in [5.41, 5.74) is 2.52. The maximum absolute atomic E-state index is 6.07. The largest absolute Gasteiger partial charge is 0.492 e. The van der Waals surface area contributed by atoms with Gasteiger partial charge in [0, 0.05) is 24.7 Å². The molecule has 0 saturated heterocycles. The van der Waals surface area contributed by atoms with Gasteiger partial charge < -0.3 is 9.47 Å². The van der Waals surface area contributed by atoms with E-state index in [1.54, 1.807) is 7.11 Å². The van der Waals surface area contributed by atoms with Crippen LogP contribution < -0.4 is 4.74 Å². The van der Waals surface area contributed by atoms with Gasteiger partial charge in [-0.05, 0) is 29.3 Å². The van der Waals surface area contributed by atoms with Crippen molar-refractivity contribution in [3.63, 3.8) is 0 Å². The van der Waals surface area contributed by atoms with Gasteiger partial charge in [-0.25, -0.2) is 0 Å². The number of ether oxygens (including phenoxy) is 2. The number of para-hydroxylation sites is 1. The lowest BCUT2D eigenvalue weighted by Gasteiger charge is -2.31. The first-order valence-corrected chi connectivity index (χ1v) is 10.2. The van der Waals surface area contributed by atoms with Crippen molar-refractivity contribution in [2.24, 2.45) is 0 Å². The zero-order chi connectivity index (χ0) is 19.6. The second-order valence-corrected chi connectivity index (χ2v) is 7.57. The number of halogens is 1. The molecule has 1 atom stereocenters. The molecule has 0 aliphatic carbocycles. The van der Waals surface area contributed by atoms with Crippen LogP contribution in [0.25, 0.3) is 0 Å². The van der Waals surface area contributed by atoms with Crippen molar-refractivity contribution in [2.75, 3.05) is 20.3 Å². The van der Waals surface area contributed by atoms with Crippen molar-refractivity contribution in [1.82, 2.24) is 4.90 Å². The van der Waals surface area contributed by atoms with Crippen molar-refractivity contribution in [1.29, 1.82) is 0 Å². The molecule has 3 rings (SSSR count). The lowest BCUT2D eigenvalue weighted by atomic mass is 10.1. The van der Waals surface area contributed by atoms with E-state index in [2.05, 4.69) is 63.3 Å². The molecule has 4 heteroatoms. The monoisotopic (exact) mass is 439 g/mol. The minimum Gasteiger partial charge on any atom is -0.492 e. The van der Waals surface area contributed by atoms with Crippen LogP contribution in [-0.2, 0) is 17.8 Å². The Labute approximate surface area is 176 Å². The summed E-state index contributed by atoms with van der Waals surface area (Å²) < 4.78 is 12.7. The highest BCUT2D eigenvalue weighted by Crippen LogP contribution is 2.21. The van der Waals surface area contributed by atoms with Gasteiger partial charge in [-0.2, -0.15) is 0 Å². The molecular weight excluding hydrogens is 414 g/mol. The van der Waals surface area contributed by atoms with E-state index in [0.29, 0.717) is 13.2 Å². The Kier molecular flexibility index (Phi) is 8.09. The number of nitrogens with zero attached hydrogens (tertiary/aromatic N) is 1. The molecule has 28 heavy (non-hydrogen) atoms. The molecule has 0 fully saturated rings. The summed E-state index contributed by atoms with van der Waals surface area (Å²) in [5.74, 6) is 0.879. The first kappa shape index (κ1) is 20.6. The summed E-state index contributed by atoms with van der Waals surface area (Å²) in [4.78, 5) is 2.42. The van der Waals surface area contributed by atoms with E-state index in [4.69, 9.17) is 9.47 Å². The predicted molar refractivity (Wildman–Crippen MR) is 117 cm³/mol. The van der Waals surface area contributed by atoms with Crippen LogP contribution in [0.2, 0.25) is 0 Å². The Balaban J connectivity index is 1.79. The molecule has 3 nitrogen and oxygen atoms in total. The third kappa shape index (κ3) is 6.20. The SMILES string of the molecule is COCC(COc1ccccc1)N(Cc1ccccc1)Cc1ccccc1Br. The maximum Gasteiger partial charge on any atom is 0.119 e. The minimum atomic E-state index is 0.123. The normalized spacial score (nSPS) is 12.1. The van der Waals surface area contributed by atoms with Gasteiger partial charge in [0.05, 0.1) is 12.6 Å². The van der Waals surface area contributed by atoms with Gasteiger partial charge in [-0.15, -0.1) is 0 Å². The van der Waals surface area contributed by atoms with Crippen LogP contribution in [0.15, 0.2) is 89.4 Å². The second kappa shape index (κ2) is 11.0. The number of methoxy groups -OCH3 is 1. The lowest BCUT2D eigenvalue weighted by Crippen LogP contribution is -2.42. The van der Waals surface area contributed by atoms with E-state index < -0.39 is 0 Å². The molecule has 0 bridgehead atoms. The third-order valence-electron chi connectivity index (χ3n) is 4.62. The molecular formula is C24H26BrNO2. The minimum absolute atomic E-state index is 0.123. The summed E-state index contributed by atoms with van der Waals surface area (Å²) >= 11 is 3.68. The fourth-order valence-electron chi connectivity index (χ4n) is 3.14. The number of hydrogen-bond acceptors (Lipinski definition) is 3. The fraction of sp³-hybridized carbons (Fsp3) is 0.250. The number of rotatable bonds is 10. The number of hydrogen-bond donors (Lipinski definition) is 0. The van der Waals surface area contributed by atoms with E-state index in [0.717, 1.165) is 23.3 Å². The van der Waals surface area contributed by atoms with Crippen LogP contribution in [-0.4, -0.2) is 31.3 Å². The Hall–Kier alpha value is -2.14. The smallest absolute Gasteiger partial charge is 0.119 e. The third-order valence-corrected chi connectivity index (χ3v) is 5.39. The highest BCUT2D eigenvalue weighted by atomic mass is 79.9. The van der Waals surface area contributed by atoms with Gasteiger partial charge >= 0.3 is 0 Å². The van der Waals surface area contributed by atoms with Gasteiger partial charge in [0.25, 0.3) is 0 Å². The van der Waals surface area contributed by atoms with Crippen LogP contribution in [0.3, 0.4) is 0 Å². The van der Waals surface area contributed by atoms with Crippen molar-refractivity contribution in [3.8, 4) is 5.75 Å². The summed E-state index contributed by atoms with van der Waals surface area (Å²) in [6.07, 6.45) is 0. The molecule has 0 N–H and O–H groups in total. The summed E-state index contributed by atoms with van der Waals surface area (Å²) in [6.45, 7) is 2.80. The molecule has 0 aliphatic heterocycles. The molecule has 1 unspecified atom stereocenters. The zero-order valence-electron chi connectivity index (χ0n) is 16.1. The molecule has 3 aromatic carbocycles. The van der Waals surface area contributed by atoms with E-state index in [9.17, 15) is 0 Å². The van der Waals surface area contributed by atoms with Crippen LogP contribution in [0.4, 0.5) is 0 Å². The highest BCUT2D eigenvalue weighted by molar-refractivity contribution is 9.10. The quantitative estimate of drug-likeness (QED) is 0.413. The Morgan fingerprint density at radius 3 is 2.11 bits per heavy atom. The molecule has 0 aliphatic rings. The maximum atomic E-state index is 6.07. The highest BCUT2D eigenvalue weighted by Gasteiger charge is 2.21. The van der Waals surface area contributed by atoms with Crippen LogP contribution in [0, 0.1) is 0 Å². The van der Waals surface area contributed by atoms with E-state index >= 15 is 0 Å². The van der Waals surface area contributed by atoms with Crippen molar-refractivity contribution in [3.05, 3.63) is 101 Å². The Morgan fingerprint density at radius 1 is 0.786 bits per heavy atom. The van der Waals surface area contributed by atoms with Crippen LogP contribution in [0.5, 0.6) is 5.75 Å². The van der Waals surface area contributed by atoms with Crippen molar-refractivity contribution < 1.29 is 9.47 Å². The first-order valence-electron chi connectivity index (χ1n) is 9.44. The van der Waals surface area contributed by atoms with Gasteiger partial charge in [-0.3, -0.25) is 4.90 Å². The average Bonchev–Trinajstić information content (AvgIpc) is 2.74. The number of benzene rings is 3. The van der Waals surface area contributed by atoms with E-state index in [1.807, 2.05) is 42.5 Å². The van der Waals surface area contributed by atoms with Crippen LogP contribution in [0.1, 0.15) is 11.1 Å². The molecule has 0 heterocycles. The summed E-state index contributed by atoms with van der Waals surface area (Å²) in [5, 5.41) is 0. The average molecular weight is 440 g/mol. The summed E-state index contributed by atoms with van der Waals surface area (Å²) in [6, 6.07) is 29.0. The van der Waals surface area contributed by atoms with Gasteiger partial charge in [0.15, 0.2) is 0 Å². The molecule has 0 radical (unpaired) electrons. The zero-order valence-corrected chi connectivity index (χ0v) is 17.7. The fourth-order valence-corrected chi connectivity index (χ4v) is 3.55. The second-order valence-electron chi connectivity index (χ2n) is 6.72. The lowest BCUT2D eigenvalue weighted by molar-refractivity contribution is 0.0498.